The first-order valence-corrected chi connectivity index (χ1v) is 9.51. The van der Waals surface area contributed by atoms with Gasteiger partial charge in [0.2, 0.25) is 5.91 Å². The normalized spacial score (nSPS) is 11.2. The van der Waals surface area contributed by atoms with Gasteiger partial charge in [-0.3, -0.25) is 19.4 Å². The fraction of sp³-hybridized carbons (Fsp3) is 0.400. The molecule has 10 heteroatoms. The molecule has 0 saturated carbocycles. The fourth-order valence-corrected chi connectivity index (χ4v) is 2.95. The Morgan fingerprint density at radius 3 is 2.93 bits per heavy atom. The second-order valence-electron chi connectivity index (χ2n) is 6.76. The summed E-state index contributed by atoms with van der Waals surface area (Å²) in [6.45, 7) is 1.89. The number of carbonyl (C=O) groups excluding carboxylic acids is 1. The summed E-state index contributed by atoms with van der Waals surface area (Å²) in [6.07, 6.45) is 2.91. The van der Waals surface area contributed by atoms with Crippen LogP contribution in [0, 0.1) is 6.92 Å². The van der Waals surface area contributed by atoms with Crippen molar-refractivity contribution in [3.8, 4) is 5.75 Å². The Kier molecular flexibility index (Phi) is 7.23. The van der Waals surface area contributed by atoms with Crippen LogP contribution in [-0.4, -0.2) is 56.9 Å². The Hall–Kier alpha value is -3.14. The van der Waals surface area contributed by atoms with E-state index in [2.05, 4.69) is 20.4 Å². The number of aliphatic hydroxyl groups is 1. The molecule has 1 amide bonds. The van der Waals surface area contributed by atoms with Gasteiger partial charge in [0.1, 0.15) is 12.4 Å². The number of alkyl halides is 2. The number of aromatic nitrogens is 4. The van der Waals surface area contributed by atoms with Gasteiger partial charge in [-0.2, -0.15) is 5.10 Å². The maximum atomic E-state index is 12.3. The van der Waals surface area contributed by atoms with E-state index in [0.717, 1.165) is 5.39 Å². The van der Waals surface area contributed by atoms with Crippen molar-refractivity contribution in [3.05, 3.63) is 47.7 Å². The number of aryl methyl sites for hydroxylation is 1. The van der Waals surface area contributed by atoms with E-state index in [1.807, 2.05) is 0 Å². The number of rotatable bonds is 10. The molecular weight excluding hydrogens is 396 g/mol. The summed E-state index contributed by atoms with van der Waals surface area (Å²) in [5.74, 6) is 0.149. The van der Waals surface area contributed by atoms with E-state index >= 15 is 0 Å². The van der Waals surface area contributed by atoms with Crippen molar-refractivity contribution in [2.45, 2.75) is 32.7 Å². The van der Waals surface area contributed by atoms with Crippen LogP contribution >= 0.6 is 0 Å². The van der Waals surface area contributed by atoms with Crippen molar-refractivity contribution in [2.75, 3.05) is 19.8 Å². The fourth-order valence-electron chi connectivity index (χ4n) is 2.95. The molecule has 0 aliphatic heterocycles. The average Bonchev–Trinajstić information content (AvgIpc) is 3.11. The number of fused-ring (bicyclic) bond motifs is 1. The van der Waals surface area contributed by atoms with Crippen molar-refractivity contribution < 1.29 is 23.4 Å². The zero-order valence-corrected chi connectivity index (χ0v) is 16.5. The molecule has 0 atom stereocenters. The van der Waals surface area contributed by atoms with Crippen molar-refractivity contribution in [1.29, 1.82) is 0 Å². The highest BCUT2D eigenvalue weighted by Gasteiger charge is 2.12. The molecule has 3 aromatic rings. The second-order valence-corrected chi connectivity index (χ2v) is 6.76. The number of halogens is 2. The topological polar surface area (TPSA) is 102 Å². The highest BCUT2D eigenvalue weighted by Crippen LogP contribution is 2.20. The highest BCUT2D eigenvalue weighted by atomic mass is 19.3. The van der Waals surface area contributed by atoms with Gasteiger partial charge in [-0.1, -0.05) is 0 Å². The number of amides is 1. The third-order valence-electron chi connectivity index (χ3n) is 4.36. The van der Waals surface area contributed by atoms with Gasteiger partial charge in [-0.05, 0) is 31.0 Å². The molecular formula is C20H23F2N5O3. The summed E-state index contributed by atoms with van der Waals surface area (Å²) < 4.78 is 31.4. The molecule has 0 aliphatic rings. The van der Waals surface area contributed by atoms with Crippen molar-refractivity contribution in [1.82, 2.24) is 25.1 Å². The first-order valence-electron chi connectivity index (χ1n) is 9.51. The van der Waals surface area contributed by atoms with Crippen LogP contribution in [0.4, 0.5) is 8.78 Å². The Labute approximate surface area is 171 Å². The Balaban J connectivity index is 1.71. The molecule has 3 aromatic heterocycles. The monoisotopic (exact) mass is 419 g/mol. The van der Waals surface area contributed by atoms with Gasteiger partial charge in [0.05, 0.1) is 36.1 Å². The number of carbonyl (C=O) groups is 1. The molecule has 0 bridgehead atoms. The molecule has 0 aliphatic carbocycles. The zero-order chi connectivity index (χ0) is 21.5. The Morgan fingerprint density at radius 1 is 1.37 bits per heavy atom. The standard InChI is InChI=1S/C20H23F2N5O3/c1-13-7-14(25-9-18(13)30-12-19(21)22)10-27-11-15-16(26-27)3-5-23-17(15)8-20(29)24-4-2-6-28/h3,5,7,9,11,19,28H,2,4,6,8,10,12H2,1H3,(H,24,29). The maximum Gasteiger partial charge on any atom is 0.272 e. The largest absolute Gasteiger partial charge is 0.486 e. The lowest BCUT2D eigenvalue weighted by atomic mass is 10.2. The molecule has 2 N–H and O–H groups in total. The van der Waals surface area contributed by atoms with Gasteiger partial charge in [-0.25, -0.2) is 8.78 Å². The molecule has 8 nitrogen and oxygen atoms in total. The van der Waals surface area contributed by atoms with Crippen molar-refractivity contribution in [3.63, 3.8) is 0 Å². The molecule has 30 heavy (non-hydrogen) atoms. The van der Waals surface area contributed by atoms with E-state index in [9.17, 15) is 13.6 Å². The molecule has 3 rings (SSSR count). The predicted octanol–water partition coefficient (Wildman–Crippen LogP) is 1.87. The van der Waals surface area contributed by atoms with Gasteiger partial charge in [0.25, 0.3) is 6.43 Å². The van der Waals surface area contributed by atoms with E-state index < -0.39 is 13.0 Å². The summed E-state index contributed by atoms with van der Waals surface area (Å²) in [7, 11) is 0. The predicted molar refractivity (Wildman–Crippen MR) is 106 cm³/mol. The van der Waals surface area contributed by atoms with Crippen LogP contribution in [-0.2, 0) is 17.8 Å². The van der Waals surface area contributed by atoms with Crippen molar-refractivity contribution >= 4 is 16.8 Å². The maximum absolute atomic E-state index is 12.3. The van der Waals surface area contributed by atoms with Gasteiger partial charge in [0, 0.05) is 30.9 Å². The van der Waals surface area contributed by atoms with Crippen LogP contribution < -0.4 is 10.1 Å². The van der Waals surface area contributed by atoms with E-state index in [-0.39, 0.29) is 18.9 Å². The molecule has 0 fully saturated rings. The summed E-state index contributed by atoms with van der Waals surface area (Å²) in [4.78, 5) is 20.6. The summed E-state index contributed by atoms with van der Waals surface area (Å²) in [6, 6.07) is 3.53. The molecule has 3 heterocycles. The lowest BCUT2D eigenvalue weighted by Crippen LogP contribution is -2.26. The Bertz CT molecular complexity index is 1010. The number of aliphatic hydroxyl groups excluding tert-OH is 1. The zero-order valence-electron chi connectivity index (χ0n) is 16.5. The van der Waals surface area contributed by atoms with E-state index in [1.165, 1.54) is 6.20 Å². The lowest BCUT2D eigenvalue weighted by Gasteiger charge is -2.09. The van der Waals surface area contributed by atoms with Crippen LogP contribution in [0.5, 0.6) is 5.75 Å². The number of hydrogen-bond donors (Lipinski definition) is 2. The molecule has 0 saturated heterocycles. The van der Waals surface area contributed by atoms with Crippen LogP contribution in [0.3, 0.4) is 0 Å². The molecule has 0 spiro atoms. The molecule has 160 valence electrons. The minimum Gasteiger partial charge on any atom is -0.486 e. The minimum absolute atomic E-state index is 0.0215. The second kappa shape index (κ2) is 10.1. The van der Waals surface area contributed by atoms with Crippen LogP contribution in [0.1, 0.15) is 23.4 Å². The van der Waals surface area contributed by atoms with Crippen LogP contribution in [0.25, 0.3) is 10.9 Å². The number of nitrogens with one attached hydrogen (secondary N) is 1. The van der Waals surface area contributed by atoms with Gasteiger partial charge in [0.15, 0.2) is 0 Å². The van der Waals surface area contributed by atoms with Gasteiger partial charge < -0.3 is 15.2 Å². The third-order valence-corrected chi connectivity index (χ3v) is 4.36. The number of nitrogens with zero attached hydrogens (tertiary/aromatic N) is 4. The van der Waals surface area contributed by atoms with E-state index in [1.54, 1.807) is 36.1 Å². The first kappa shape index (κ1) is 21.6. The minimum atomic E-state index is -2.54. The first-order chi connectivity index (χ1) is 14.5. The quantitative estimate of drug-likeness (QED) is 0.487. The Morgan fingerprint density at radius 2 is 2.20 bits per heavy atom. The molecule has 0 unspecified atom stereocenters. The number of ether oxygens (including phenoxy) is 1. The SMILES string of the molecule is Cc1cc(Cn2cc3c(CC(=O)NCCCO)nccc3n2)ncc1OCC(F)F. The van der Waals surface area contributed by atoms with Gasteiger partial charge >= 0.3 is 0 Å². The number of pyridine rings is 2. The van der Waals surface area contributed by atoms with E-state index in [4.69, 9.17) is 9.84 Å². The van der Waals surface area contributed by atoms with Gasteiger partial charge in [-0.15, -0.1) is 0 Å². The number of hydrogen-bond acceptors (Lipinski definition) is 6. The molecule has 0 aromatic carbocycles. The summed E-state index contributed by atoms with van der Waals surface area (Å²) in [5, 5.41) is 16.8. The van der Waals surface area contributed by atoms with Crippen molar-refractivity contribution in [2.24, 2.45) is 0 Å². The highest BCUT2D eigenvalue weighted by molar-refractivity contribution is 5.86. The lowest BCUT2D eigenvalue weighted by molar-refractivity contribution is -0.120. The van der Waals surface area contributed by atoms with Crippen LogP contribution in [0.15, 0.2) is 30.7 Å². The smallest absolute Gasteiger partial charge is 0.272 e. The van der Waals surface area contributed by atoms with E-state index in [0.29, 0.717) is 47.7 Å². The summed E-state index contributed by atoms with van der Waals surface area (Å²) >= 11 is 0. The molecule has 0 radical (unpaired) electrons. The summed E-state index contributed by atoms with van der Waals surface area (Å²) in [5.41, 5.74) is 2.72. The average molecular weight is 419 g/mol. The van der Waals surface area contributed by atoms with Crippen LogP contribution in [0.2, 0.25) is 0 Å². The third kappa shape index (κ3) is 5.69.